The van der Waals surface area contributed by atoms with Gasteiger partial charge in [0.25, 0.3) is 5.91 Å². The van der Waals surface area contributed by atoms with E-state index in [1.165, 1.54) is 6.33 Å². The number of aromatic nitrogens is 2. The van der Waals surface area contributed by atoms with Crippen molar-refractivity contribution in [3.63, 3.8) is 0 Å². The van der Waals surface area contributed by atoms with Crippen LogP contribution in [-0.4, -0.2) is 82.3 Å². The lowest BCUT2D eigenvalue weighted by molar-refractivity contribution is -0.00758. The van der Waals surface area contributed by atoms with Crippen LogP contribution in [0.4, 0.5) is 0 Å². The van der Waals surface area contributed by atoms with E-state index in [4.69, 9.17) is 4.74 Å². The fraction of sp³-hybridized carbons (Fsp3) is 0.706. The lowest BCUT2D eigenvalue weighted by atomic mass is 9.99. The van der Waals surface area contributed by atoms with Gasteiger partial charge in [-0.2, -0.15) is 0 Å². The van der Waals surface area contributed by atoms with Gasteiger partial charge in [-0.1, -0.05) is 0 Å². The molecular formula is C17H26N4O3. The normalized spacial score (nSPS) is 26.4. The van der Waals surface area contributed by atoms with Crippen molar-refractivity contribution in [3.05, 3.63) is 24.3 Å². The van der Waals surface area contributed by atoms with Crippen LogP contribution in [0.25, 0.3) is 0 Å². The highest BCUT2D eigenvalue weighted by molar-refractivity contribution is 5.93. The summed E-state index contributed by atoms with van der Waals surface area (Å²) in [6.45, 7) is 2.78. The molecule has 3 rings (SSSR count). The molecular weight excluding hydrogens is 308 g/mol. The SMILES string of the molecule is CN(C1CCOCC1)[C@H]1CCN(C(=O)c2cncnc2)CC[C@@H]1O. The van der Waals surface area contributed by atoms with Crippen molar-refractivity contribution in [1.82, 2.24) is 19.8 Å². The summed E-state index contributed by atoms with van der Waals surface area (Å²) in [5.74, 6) is -0.0582. The van der Waals surface area contributed by atoms with Gasteiger partial charge in [-0.3, -0.25) is 9.69 Å². The van der Waals surface area contributed by atoms with Gasteiger partial charge in [-0.25, -0.2) is 9.97 Å². The largest absolute Gasteiger partial charge is 0.391 e. The highest BCUT2D eigenvalue weighted by Gasteiger charge is 2.33. The van der Waals surface area contributed by atoms with Crippen molar-refractivity contribution in [2.24, 2.45) is 0 Å². The predicted molar refractivity (Wildman–Crippen MR) is 88.6 cm³/mol. The highest BCUT2D eigenvalue weighted by Crippen LogP contribution is 2.23. The maximum atomic E-state index is 12.6. The third-order valence-corrected chi connectivity index (χ3v) is 5.22. The Kier molecular flexibility index (Phi) is 5.76. The third-order valence-electron chi connectivity index (χ3n) is 5.22. The van der Waals surface area contributed by atoms with Crippen molar-refractivity contribution in [2.45, 2.75) is 43.9 Å². The standard InChI is InChI=1S/C17H26N4O3/c1-20(14-4-8-24-9-5-14)15-2-6-21(7-3-16(15)22)17(23)13-10-18-12-19-11-13/h10-12,14-16,22H,2-9H2,1H3/t15-,16-/m0/s1. The van der Waals surface area contributed by atoms with Gasteiger partial charge in [0.05, 0.1) is 11.7 Å². The number of rotatable bonds is 3. The second kappa shape index (κ2) is 8.00. The predicted octanol–water partition coefficient (Wildman–Crippen LogP) is 0.553. The van der Waals surface area contributed by atoms with E-state index in [2.05, 4.69) is 21.9 Å². The number of aliphatic hydroxyl groups excluding tert-OH is 1. The first kappa shape index (κ1) is 17.3. The van der Waals surface area contributed by atoms with Gasteiger partial charge >= 0.3 is 0 Å². The van der Waals surface area contributed by atoms with E-state index >= 15 is 0 Å². The molecule has 0 unspecified atom stereocenters. The molecule has 0 radical (unpaired) electrons. The lowest BCUT2D eigenvalue weighted by Gasteiger charge is -2.38. The van der Waals surface area contributed by atoms with Gasteiger partial charge in [0.15, 0.2) is 0 Å². The Morgan fingerprint density at radius 3 is 2.58 bits per heavy atom. The number of nitrogens with zero attached hydrogens (tertiary/aromatic N) is 4. The summed E-state index contributed by atoms with van der Waals surface area (Å²) in [7, 11) is 2.09. The van der Waals surface area contributed by atoms with Gasteiger partial charge in [-0.15, -0.1) is 0 Å². The zero-order valence-electron chi connectivity index (χ0n) is 14.2. The van der Waals surface area contributed by atoms with Crippen molar-refractivity contribution in [1.29, 1.82) is 0 Å². The van der Waals surface area contributed by atoms with Gasteiger partial charge in [-0.05, 0) is 32.7 Å². The molecule has 1 amide bonds. The van der Waals surface area contributed by atoms with Gasteiger partial charge in [0, 0.05) is 50.8 Å². The molecule has 2 aliphatic heterocycles. The zero-order chi connectivity index (χ0) is 16.9. The number of likely N-dealkylation sites (N-methyl/N-ethyl adjacent to an activating group) is 1. The Balaban J connectivity index is 1.63. The van der Waals surface area contributed by atoms with Crippen LogP contribution in [0.2, 0.25) is 0 Å². The number of carbonyl (C=O) groups excluding carboxylic acids is 1. The van der Waals surface area contributed by atoms with Crippen molar-refractivity contribution in [3.8, 4) is 0 Å². The maximum Gasteiger partial charge on any atom is 0.256 e. The summed E-state index contributed by atoms with van der Waals surface area (Å²) in [5, 5.41) is 10.6. The summed E-state index contributed by atoms with van der Waals surface area (Å²) in [6, 6.07) is 0.529. The molecule has 1 N–H and O–H groups in total. The maximum absolute atomic E-state index is 12.6. The minimum Gasteiger partial charge on any atom is -0.391 e. The molecule has 1 aromatic heterocycles. The molecule has 0 aliphatic carbocycles. The molecule has 24 heavy (non-hydrogen) atoms. The first-order chi connectivity index (χ1) is 11.7. The van der Waals surface area contributed by atoms with Crippen molar-refractivity contribution >= 4 is 5.91 Å². The minimum absolute atomic E-state index is 0.0582. The van der Waals surface area contributed by atoms with E-state index in [-0.39, 0.29) is 11.9 Å². The van der Waals surface area contributed by atoms with Crippen LogP contribution in [-0.2, 0) is 4.74 Å². The van der Waals surface area contributed by atoms with Crippen LogP contribution in [0.3, 0.4) is 0 Å². The Morgan fingerprint density at radius 2 is 1.88 bits per heavy atom. The van der Waals surface area contributed by atoms with Crippen LogP contribution in [0.15, 0.2) is 18.7 Å². The number of likely N-dealkylation sites (tertiary alicyclic amines) is 1. The smallest absolute Gasteiger partial charge is 0.256 e. The van der Waals surface area contributed by atoms with Crippen LogP contribution in [0.1, 0.15) is 36.0 Å². The van der Waals surface area contributed by atoms with E-state index < -0.39 is 6.10 Å². The van der Waals surface area contributed by atoms with E-state index in [9.17, 15) is 9.90 Å². The average molecular weight is 334 g/mol. The molecule has 0 bridgehead atoms. The Morgan fingerprint density at radius 1 is 1.21 bits per heavy atom. The molecule has 0 spiro atoms. The number of aliphatic hydroxyl groups is 1. The van der Waals surface area contributed by atoms with Crippen LogP contribution in [0.5, 0.6) is 0 Å². The molecule has 2 aliphatic rings. The topological polar surface area (TPSA) is 78.8 Å². The molecule has 2 saturated heterocycles. The molecule has 2 fully saturated rings. The zero-order valence-corrected chi connectivity index (χ0v) is 14.2. The van der Waals surface area contributed by atoms with Gasteiger partial charge in [0.2, 0.25) is 0 Å². The molecule has 3 heterocycles. The average Bonchev–Trinajstić information content (AvgIpc) is 2.84. The van der Waals surface area contributed by atoms with Crippen LogP contribution in [0, 0.1) is 0 Å². The molecule has 1 aromatic rings. The Bertz CT molecular complexity index is 536. The molecule has 132 valence electrons. The molecule has 0 saturated carbocycles. The third kappa shape index (κ3) is 3.91. The Hall–Kier alpha value is -1.57. The summed E-state index contributed by atoms with van der Waals surface area (Å²) in [5.41, 5.74) is 0.503. The molecule has 7 nitrogen and oxygen atoms in total. The van der Waals surface area contributed by atoms with E-state index in [1.54, 1.807) is 17.3 Å². The Labute approximate surface area is 142 Å². The fourth-order valence-electron chi connectivity index (χ4n) is 3.71. The summed E-state index contributed by atoms with van der Waals surface area (Å²) >= 11 is 0. The van der Waals surface area contributed by atoms with Crippen LogP contribution < -0.4 is 0 Å². The minimum atomic E-state index is -0.414. The monoisotopic (exact) mass is 334 g/mol. The van der Waals surface area contributed by atoms with Gasteiger partial charge < -0.3 is 14.7 Å². The van der Waals surface area contributed by atoms with Crippen molar-refractivity contribution < 1.29 is 14.6 Å². The molecule has 7 heteroatoms. The van der Waals surface area contributed by atoms with E-state index in [0.717, 1.165) is 32.5 Å². The first-order valence-electron chi connectivity index (χ1n) is 8.69. The van der Waals surface area contributed by atoms with E-state index in [0.29, 0.717) is 31.1 Å². The lowest BCUT2D eigenvalue weighted by Crippen LogP contribution is -2.48. The highest BCUT2D eigenvalue weighted by atomic mass is 16.5. The molecule has 0 aromatic carbocycles. The quantitative estimate of drug-likeness (QED) is 0.870. The number of hydrogen-bond donors (Lipinski definition) is 1. The van der Waals surface area contributed by atoms with Crippen LogP contribution >= 0.6 is 0 Å². The number of carbonyl (C=O) groups is 1. The van der Waals surface area contributed by atoms with E-state index in [1.807, 2.05) is 0 Å². The second-order valence-electron chi connectivity index (χ2n) is 6.64. The number of amides is 1. The summed E-state index contributed by atoms with van der Waals surface area (Å²) < 4.78 is 5.43. The second-order valence-corrected chi connectivity index (χ2v) is 6.64. The summed E-state index contributed by atoms with van der Waals surface area (Å²) in [6.07, 6.45) is 7.47. The summed E-state index contributed by atoms with van der Waals surface area (Å²) in [4.78, 5) is 24.5. The molecule has 2 atom stereocenters. The van der Waals surface area contributed by atoms with Crippen molar-refractivity contribution in [2.75, 3.05) is 33.4 Å². The van der Waals surface area contributed by atoms with Gasteiger partial charge in [0.1, 0.15) is 6.33 Å². The fourth-order valence-corrected chi connectivity index (χ4v) is 3.71. The number of hydrogen-bond acceptors (Lipinski definition) is 6. The first-order valence-corrected chi connectivity index (χ1v) is 8.69. The number of ether oxygens (including phenoxy) is 1.